The lowest BCUT2D eigenvalue weighted by Gasteiger charge is -2.09. The van der Waals surface area contributed by atoms with E-state index < -0.39 is 8.80 Å². The maximum atomic E-state index is 3.37. The molecule has 0 aliphatic heterocycles. The minimum Gasteiger partial charge on any atom is -0.131 e. The topological polar surface area (TPSA) is 0 Å². The van der Waals surface area contributed by atoms with Gasteiger partial charge in [0.1, 0.15) is 8.80 Å². The van der Waals surface area contributed by atoms with Gasteiger partial charge >= 0.3 is 0 Å². The predicted molar refractivity (Wildman–Crippen MR) is 79.0 cm³/mol. The number of hydrogen-bond donors (Lipinski definition) is 0. The van der Waals surface area contributed by atoms with Crippen LogP contribution in [0, 0.1) is 44.1 Å². The zero-order valence-corrected chi connectivity index (χ0v) is 12.8. The number of rotatable bonds is 0. The van der Waals surface area contributed by atoms with E-state index in [9.17, 15) is 0 Å². The van der Waals surface area contributed by atoms with Gasteiger partial charge in [-0.2, -0.15) is 0 Å². The number of benzene rings is 1. The first-order chi connectivity index (χ1) is 7.97. The summed E-state index contributed by atoms with van der Waals surface area (Å²) < 4.78 is 0. The first kappa shape index (κ1) is 13.6. The van der Waals surface area contributed by atoms with Crippen molar-refractivity contribution in [2.45, 2.75) is 40.8 Å². The van der Waals surface area contributed by atoms with Gasteiger partial charge in [0.25, 0.3) is 0 Å². The van der Waals surface area contributed by atoms with E-state index in [4.69, 9.17) is 0 Å². The summed E-state index contributed by atoms with van der Waals surface area (Å²) in [6, 6.07) is 2.19. The highest BCUT2D eigenvalue weighted by atomic mass is 28.3. The Labute approximate surface area is 107 Å². The molecule has 17 heavy (non-hydrogen) atoms. The standard InChI is InChI=1S/C16H20Si/c1-7-8-15-12(2)11-13(3)16(14(15)4)9-10-17(5)6/h11,17H,1-6H3. The van der Waals surface area contributed by atoms with Gasteiger partial charge in [-0.3, -0.25) is 0 Å². The Morgan fingerprint density at radius 2 is 1.47 bits per heavy atom. The Bertz CT molecular complexity index is 543. The highest BCUT2D eigenvalue weighted by Crippen LogP contribution is 2.20. The fourth-order valence-corrected chi connectivity index (χ4v) is 2.34. The molecule has 0 N–H and O–H groups in total. The predicted octanol–water partition coefficient (Wildman–Crippen LogP) is 3.36. The van der Waals surface area contributed by atoms with Crippen molar-refractivity contribution in [3.63, 3.8) is 0 Å². The molecule has 0 unspecified atom stereocenters. The molecule has 0 spiro atoms. The van der Waals surface area contributed by atoms with Gasteiger partial charge in [0, 0.05) is 11.1 Å². The van der Waals surface area contributed by atoms with E-state index in [2.05, 4.69) is 63.2 Å². The summed E-state index contributed by atoms with van der Waals surface area (Å²) >= 11 is 0. The third-order valence-electron chi connectivity index (χ3n) is 2.71. The summed E-state index contributed by atoms with van der Waals surface area (Å²) in [7, 11) is -0.823. The largest absolute Gasteiger partial charge is 0.131 e. The van der Waals surface area contributed by atoms with Crippen molar-refractivity contribution in [1.29, 1.82) is 0 Å². The summed E-state index contributed by atoms with van der Waals surface area (Å²) in [5, 5.41) is 0. The van der Waals surface area contributed by atoms with Crippen LogP contribution in [0.3, 0.4) is 0 Å². The molecule has 0 aromatic heterocycles. The van der Waals surface area contributed by atoms with E-state index in [-0.39, 0.29) is 0 Å². The summed E-state index contributed by atoms with van der Waals surface area (Å²) in [6.45, 7) is 12.8. The van der Waals surface area contributed by atoms with E-state index in [1.165, 1.54) is 22.3 Å². The van der Waals surface area contributed by atoms with E-state index in [1.807, 2.05) is 6.92 Å². The molecule has 1 aromatic rings. The van der Waals surface area contributed by atoms with Crippen LogP contribution in [-0.2, 0) is 0 Å². The molecule has 0 amide bonds. The highest BCUT2D eigenvalue weighted by Gasteiger charge is 2.07. The Balaban J connectivity index is 3.46. The minimum atomic E-state index is -0.823. The lowest BCUT2D eigenvalue weighted by Crippen LogP contribution is -1.98. The van der Waals surface area contributed by atoms with Gasteiger partial charge in [-0.15, -0.1) is 11.5 Å². The average Bonchev–Trinajstić information content (AvgIpc) is 2.23. The van der Waals surface area contributed by atoms with E-state index in [0.29, 0.717) is 0 Å². The third-order valence-corrected chi connectivity index (χ3v) is 3.43. The normalized spacial score (nSPS) is 9.35. The van der Waals surface area contributed by atoms with Crippen molar-refractivity contribution in [2.75, 3.05) is 0 Å². The van der Waals surface area contributed by atoms with Crippen molar-refractivity contribution in [1.82, 2.24) is 0 Å². The van der Waals surface area contributed by atoms with Crippen LogP contribution in [0.2, 0.25) is 13.1 Å². The molecule has 0 bridgehead atoms. The minimum absolute atomic E-state index is 0.823. The molecule has 1 heteroatoms. The summed E-state index contributed by atoms with van der Waals surface area (Å²) in [6.07, 6.45) is 0. The van der Waals surface area contributed by atoms with Gasteiger partial charge in [0.05, 0.1) is 0 Å². The van der Waals surface area contributed by atoms with E-state index >= 15 is 0 Å². The monoisotopic (exact) mass is 240 g/mol. The summed E-state index contributed by atoms with van der Waals surface area (Å²) in [5.74, 6) is 9.53. The van der Waals surface area contributed by atoms with Crippen molar-refractivity contribution >= 4 is 8.80 Å². The first-order valence-electron chi connectivity index (χ1n) is 6.02. The second kappa shape index (κ2) is 5.76. The van der Waals surface area contributed by atoms with E-state index in [0.717, 1.165) is 5.56 Å². The maximum Gasteiger partial charge on any atom is 0.117 e. The molecule has 0 nitrogen and oxygen atoms in total. The fraction of sp³-hybridized carbons (Fsp3) is 0.375. The van der Waals surface area contributed by atoms with Gasteiger partial charge in [-0.1, -0.05) is 31.0 Å². The van der Waals surface area contributed by atoms with Gasteiger partial charge in [-0.05, 0) is 44.4 Å². The zero-order chi connectivity index (χ0) is 13.0. The van der Waals surface area contributed by atoms with Crippen LogP contribution in [0.15, 0.2) is 6.07 Å². The quantitative estimate of drug-likeness (QED) is 0.482. The van der Waals surface area contributed by atoms with Crippen molar-refractivity contribution in [3.8, 4) is 23.3 Å². The molecule has 0 saturated heterocycles. The molecular weight excluding hydrogens is 220 g/mol. The second-order valence-corrected chi connectivity index (χ2v) is 7.28. The maximum absolute atomic E-state index is 3.37. The molecule has 0 fully saturated rings. The Morgan fingerprint density at radius 3 is 1.94 bits per heavy atom. The van der Waals surface area contributed by atoms with Crippen LogP contribution >= 0.6 is 0 Å². The molecule has 88 valence electrons. The van der Waals surface area contributed by atoms with Gasteiger partial charge in [0.2, 0.25) is 0 Å². The Morgan fingerprint density at radius 1 is 0.941 bits per heavy atom. The third kappa shape index (κ3) is 3.25. The summed E-state index contributed by atoms with van der Waals surface area (Å²) in [5.41, 5.74) is 9.45. The lowest BCUT2D eigenvalue weighted by molar-refractivity contribution is 1.27. The van der Waals surface area contributed by atoms with Crippen LogP contribution in [-0.4, -0.2) is 8.80 Å². The van der Waals surface area contributed by atoms with Crippen LogP contribution in [0.25, 0.3) is 0 Å². The van der Waals surface area contributed by atoms with Crippen molar-refractivity contribution < 1.29 is 0 Å². The molecule has 0 radical (unpaired) electrons. The molecule has 0 heterocycles. The molecule has 0 aliphatic rings. The zero-order valence-electron chi connectivity index (χ0n) is 11.7. The van der Waals surface area contributed by atoms with Gasteiger partial charge < -0.3 is 0 Å². The lowest BCUT2D eigenvalue weighted by atomic mass is 9.94. The van der Waals surface area contributed by atoms with Crippen molar-refractivity contribution in [3.05, 3.63) is 33.9 Å². The Kier molecular flexibility index (Phi) is 4.61. The number of aryl methyl sites for hydroxylation is 2. The van der Waals surface area contributed by atoms with Gasteiger partial charge in [-0.25, -0.2) is 0 Å². The SMILES string of the molecule is CC#Cc1c(C)cc(C)c(C#C[SiH](C)C)c1C. The molecular formula is C16H20Si. The molecule has 0 aliphatic carbocycles. The molecule has 1 aromatic carbocycles. The van der Waals surface area contributed by atoms with Crippen LogP contribution in [0.4, 0.5) is 0 Å². The van der Waals surface area contributed by atoms with Crippen LogP contribution in [0.1, 0.15) is 34.7 Å². The second-order valence-electron chi connectivity index (χ2n) is 4.68. The fourth-order valence-electron chi connectivity index (χ4n) is 1.91. The smallest absolute Gasteiger partial charge is 0.117 e. The average molecular weight is 240 g/mol. The summed E-state index contributed by atoms with van der Waals surface area (Å²) in [4.78, 5) is 0. The highest BCUT2D eigenvalue weighted by molar-refractivity contribution is 6.64. The van der Waals surface area contributed by atoms with Gasteiger partial charge in [0.15, 0.2) is 0 Å². The number of hydrogen-bond acceptors (Lipinski definition) is 0. The molecule has 0 saturated carbocycles. The van der Waals surface area contributed by atoms with Crippen LogP contribution < -0.4 is 0 Å². The van der Waals surface area contributed by atoms with E-state index in [1.54, 1.807) is 0 Å². The first-order valence-corrected chi connectivity index (χ1v) is 8.91. The molecule has 0 atom stereocenters. The molecule has 1 rings (SSSR count). The Hall–Kier alpha value is -1.44. The van der Waals surface area contributed by atoms with Crippen molar-refractivity contribution in [2.24, 2.45) is 0 Å². The van der Waals surface area contributed by atoms with Crippen LogP contribution in [0.5, 0.6) is 0 Å².